The van der Waals surface area contributed by atoms with E-state index in [1.54, 1.807) is 32.9 Å². The lowest BCUT2D eigenvalue weighted by Gasteiger charge is -2.28. The van der Waals surface area contributed by atoms with E-state index in [4.69, 9.17) is 9.47 Å². The molecule has 0 spiro atoms. The zero-order valence-electron chi connectivity index (χ0n) is 12.7. The van der Waals surface area contributed by atoms with Gasteiger partial charge in [-0.2, -0.15) is 0 Å². The summed E-state index contributed by atoms with van der Waals surface area (Å²) < 4.78 is 10.8. The molecule has 4 heteroatoms. The number of benzene rings is 1. The van der Waals surface area contributed by atoms with Crippen molar-refractivity contribution < 1.29 is 19.4 Å². The van der Waals surface area contributed by atoms with Crippen LogP contribution in [0.1, 0.15) is 31.9 Å². The van der Waals surface area contributed by atoms with Crippen molar-refractivity contribution >= 4 is 5.97 Å². The number of carbonyl (C=O) groups is 1. The Morgan fingerprint density at radius 1 is 1.45 bits per heavy atom. The predicted molar refractivity (Wildman–Crippen MR) is 77.7 cm³/mol. The highest BCUT2D eigenvalue weighted by molar-refractivity contribution is 5.89. The van der Waals surface area contributed by atoms with Gasteiger partial charge in [-0.05, 0) is 39.3 Å². The summed E-state index contributed by atoms with van der Waals surface area (Å²) >= 11 is 0. The Bertz CT molecular complexity index is 513. The van der Waals surface area contributed by atoms with Gasteiger partial charge < -0.3 is 14.6 Å². The second-order valence-electron chi connectivity index (χ2n) is 4.95. The van der Waals surface area contributed by atoms with Crippen molar-refractivity contribution in [2.24, 2.45) is 0 Å². The minimum Gasteiger partial charge on any atom is -0.423 e. The van der Waals surface area contributed by atoms with Crippen LogP contribution in [0.3, 0.4) is 0 Å². The van der Waals surface area contributed by atoms with E-state index in [0.29, 0.717) is 16.9 Å². The molecule has 1 atom stereocenters. The summed E-state index contributed by atoms with van der Waals surface area (Å²) in [5.41, 5.74) is 1.23. The highest BCUT2D eigenvalue weighted by Gasteiger charge is 2.29. The molecule has 0 bridgehead atoms. The Balaban J connectivity index is 3.24. The highest BCUT2D eigenvalue weighted by atomic mass is 16.5. The molecule has 20 heavy (non-hydrogen) atoms. The number of hydrogen-bond donors (Lipinski definition) is 1. The standard InChI is InChI=1S/C16H22O4/c1-6-12(3)15(18)20-14-9-11(2)7-8-13(14)16(4,10-17)19-5/h6-9,17H,10H2,1-5H3/b12-6+/t16-/m1/s1. The number of hydrogen-bond acceptors (Lipinski definition) is 4. The van der Waals surface area contributed by atoms with Crippen LogP contribution in [0.4, 0.5) is 0 Å². The zero-order chi connectivity index (χ0) is 15.3. The Morgan fingerprint density at radius 3 is 2.60 bits per heavy atom. The van der Waals surface area contributed by atoms with E-state index in [0.717, 1.165) is 5.56 Å². The van der Waals surface area contributed by atoms with Gasteiger partial charge in [-0.1, -0.05) is 18.2 Å². The molecule has 0 aromatic heterocycles. The molecule has 0 aliphatic rings. The summed E-state index contributed by atoms with van der Waals surface area (Å²) in [4.78, 5) is 11.9. The number of rotatable bonds is 5. The van der Waals surface area contributed by atoms with Crippen molar-refractivity contribution in [3.05, 3.63) is 41.0 Å². The summed E-state index contributed by atoms with van der Waals surface area (Å²) in [5.74, 6) is 0.00495. The van der Waals surface area contributed by atoms with Crippen molar-refractivity contribution in [2.75, 3.05) is 13.7 Å². The molecule has 0 heterocycles. The Morgan fingerprint density at radius 2 is 2.10 bits per heavy atom. The quantitative estimate of drug-likeness (QED) is 0.511. The van der Waals surface area contributed by atoms with Crippen LogP contribution in [0, 0.1) is 6.92 Å². The van der Waals surface area contributed by atoms with Gasteiger partial charge in [0, 0.05) is 18.2 Å². The smallest absolute Gasteiger partial charge is 0.338 e. The summed E-state index contributed by atoms with van der Waals surface area (Å²) in [6, 6.07) is 5.47. The molecule has 0 saturated carbocycles. The van der Waals surface area contributed by atoms with E-state index >= 15 is 0 Å². The lowest BCUT2D eigenvalue weighted by molar-refractivity contribution is -0.130. The molecule has 1 rings (SSSR count). The molecule has 0 aliphatic heterocycles. The van der Waals surface area contributed by atoms with E-state index in [1.807, 2.05) is 19.1 Å². The van der Waals surface area contributed by atoms with Crippen LogP contribution in [-0.4, -0.2) is 24.8 Å². The van der Waals surface area contributed by atoms with Gasteiger partial charge in [0.15, 0.2) is 0 Å². The molecule has 1 aromatic carbocycles. The SMILES string of the molecule is C/C=C(\C)C(=O)Oc1cc(C)ccc1[C@@](C)(CO)OC. The minimum absolute atomic E-state index is 0.209. The number of aryl methyl sites for hydroxylation is 1. The van der Waals surface area contributed by atoms with E-state index in [1.165, 1.54) is 7.11 Å². The van der Waals surface area contributed by atoms with Crippen molar-refractivity contribution in [3.8, 4) is 5.75 Å². The monoisotopic (exact) mass is 278 g/mol. The molecule has 0 radical (unpaired) electrons. The van der Waals surface area contributed by atoms with Gasteiger partial charge in [-0.15, -0.1) is 0 Å². The molecule has 0 amide bonds. The Labute approximate surface area is 120 Å². The summed E-state index contributed by atoms with van der Waals surface area (Å²) in [5, 5.41) is 9.55. The molecule has 1 N–H and O–H groups in total. The zero-order valence-corrected chi connectivity index (χ0v) is 12.7. The third-order valence-electron chi connectivity index (χ3n) is 3.42. The van der Waals surface area contributed by atoms with Crippen molar-refractivity contribution in [2.45, 2.75) is 33.3 Å². The van der Waals surface area contributed by atoms with Crippen molar-refractivity contribution in [3.63, 3.8) is 0 Å². The number of methoxy groups -OCH3 is 1. The number of esters is 1. The van der Waals surface area contributed by atoms with Crippen LogP contribution in [0.2, 0.25) is 0 Å². The Hall–Kier alpha value is -1.65. The van der Waals surface area contributed by atoms with Gasteiger partial charge in [0.1, 0.15) is 11.4 Å². The lowest BCUT2D eigenvalue weighted by Crippen LogP contribution is -2.30. The predicted octanol–water partition coefficient (Wildman–Crippen LogP) is 2.72. The maximum atomic E-state index is 11.9. The van der Waals surface area contributed by atoms with Crippen LogP contribution in [0.5, 0.6) is 5.75 Å². The second kappa shape index (κ2) is 6.68. The molecule has 0 fully saturated rings. The number of aliphatic hydroxyl groups excluding tert-OH is 1. The van der Waals surface area contributed by atoms with Crippen LogP contribution in [-0.2, 0) is 15.1 Å². The van der Waals surface area contributed by atoms with Gasteiger partial charge in [0.25, 0.3) is 0 Å². The van der Waals surface area contributed by atoms with Gasteiger partial charge in [-0.3, -0.25) is 0 Å². The first-order chi connectivity index (χ1) is 9.37. The fraction of sp³-hybridized carbons (Fsp3) is 0.438. The van der Waals surface area contributed by atoms with Crippen molar-refractivity contribution in [1.82, 2.24) is 0 Å². The van der Waals surface area contributed by atoms with E-state index < -0.39 is 11.6 Å². The number of carbonyl (C=O) groups excluding carboxylic acids is 1. The highest BCUT2D eigenvalue weighted by Crippen LogP contribution is 2.33. The van der Waals surface area contributed by atoms with Gasteiger partial charge in [-0.25, -0.2) is 4.79 Å². The number of allylic oxidation sites excluding steroid dienone is 1. The minimum atomic E-state index is -0.910. The summed E-state index contributed by atoms with van der Waals surface area (Å²) in [7, 11) is 1.51. The molecule has 0 saturated heterocycles. The molecular weight excluding hydrogens is 256 g/mol. The van der Waals surface area contributed by atoms with Gasteiger partial charge >= 0.3 is 5.97 Å². The fourth-order valence-corrected chi connectivity index (χ4v) is 1.71. The first-order valence-electron chi connectivity index (χ1n) is 6.50. The van der Waals surface area contributed by atoms with Crippen LogP contribution in [0.15, 0.2) is 29.8 Å². The van der Waals surface area contributed by atoms with E-state index in [9.17, 15) is 9.90 Å². The average molecular weight is 278 g/mol. The molecular formula is C16H22O4. The van der Waals surface area contributed by atoms with Crippen LogP contribution < -0.4 is 4.74 Å². The van der Waals surface area contributed by atoms with Gasteiger partial charge in [0.05, 0.1) is 6.61 Å². The number of ether oxygens (including phenoxy) is 2. The first-order valence-corrected chi connectivity index (χ1v) is 6.50. The third kappa shape index (κ3) is 3.46. The van der Waals surface area contributed by atoms with Crippen LogP contribution >= 0.6 is 0 Å². The van der Waals surface area contributed by atoms with E-state index in [-0.39, 0.29) is 6.61 Å². The molecule has 110 valence electrons. The molecule has 1 aromatic rings. The van der Waals surface area contributed by atoms with Crippen LogP contribution in [0.25, 0.3) is 0 Å². The molecule has 4 nitrogen and oxygen atoms in total. The lowest BCUT2D eigenvalue weighted by atomic mass is 9.94. The largest absolute Gasteiger partial charge is 0.423 e. The second-order valence-corrected chi connectivity index (χ2v) is 4.95. The summed E-state index contributed by atoms with van der Waals surface area (Å²) in [6.07, 6.45) is 1.69. The van der Waals surface area contributed by atoms with E-state index in [2.05, 4.69) is 0 Å². The maximum Gasteiger partial charge on any atom is 0.338 e. The van der Waals surface area contributed by atoms with Gasteiger partial charge in [0.2, 0.25) is 0 Å². The average Bonchev–Trinajstić information content (AvgIpc) is 2.45. The molecule has 0 aliphatic carbocycles. The number of aliphatic hydroxyl groups is 1. The topological polar surface area (TPSA) is 55.8 Å². The molecule has 0 unspecified atom stereocenters. The maximum absolute atomic E-state index is 11.9. The Kier molecular flexibility index (Phi) is 5.48. The third-order valence-corrected chi connectivity index (χ3v) is 3.42. The summed E-state index contributed by atoms with van der Waals surface area (Å²) in [6.45, 7) is 6.92. The normalized spacial score (nSPS) is 14.8. The van der Waals surface area contributed by atoms with Crippen molar-refractivity contribution in [1.29, 1.82) is 0 Å². The fourth-order valence-electron chi connectivity index (χ4n) is 1.71. The first kappa shape index (κ1) is 16.4.